The standard InChI is InChI=1S/C12H34N2O4Si4/c1-9-11-13-21(7)16-19(3,4)15-20(5,6)17-22(8,18-21)14-12-10-2/h13-14H,9-12H2,1-8H3. The van der Waals surface area contributed by atoms with Gasteiger partial charge in [-0.05, 0) is 65.2 Å². The van der Waals surface area contributed by atoms with E-state index in [1.54, 1.807) is 0 Å². The third-order valence-corrected chi connectivity index (χ3v) is 19.0. The van der Waals surface area contributed by atoms with Crippen LogP contribution >= 0.6 is 0 Å². The monoisotopic (exact) mass is 382 g/mol. The molecule has 1 saturated heterocycles. The highest BCUT2D eigenvalue weighted by Crippen LogP contribution is 2.28. The van der Waals surface area contributed by atoms with Crippen molar-refractivity contribution in [3.63, 3.8) is 0 Å². The van der Waals surface area contributed by atoms with Crippen LogP contribution in [0.4, 0.5) is 0 Å². The van der Waals surface area contributed by atoms with Gasteiger partial charge in [-0.2, -0.15) is 0 Å². The first-order valence-corrected chi connectivity index (χ1v) is 18.5. The van der Waals surface area contributed by atoms with Crippen molar-refractivity contribution in [1.82, 2.24) is 9.96 Å². The highest BCUT2D eigenvalue weighted by Gasteiger charge is 2.54. The molecule has 10 heteroatoms. The molecule has 0 bridgehead atoms. The van der Waals surface area contributed by atoms with E-state index in [0.717, 1.165) is 25.9 Å². The largest absolute Gasteiger partial charge is 0.416 e. The van der Waals surface area contributed by atoms with Crippen LogP contribution in [-0.4, -0.2) is 47.7 Å². The minimum Gasteiger partial charge on any atom is -0.416 e. The highest BCUT2D eigenvalue weighted by molar-refractivity contribution is 6.92. The fourth-order valence-electron chi connectivity index (χ4n) is 2.83. The Hall–Kier alpha value is 0.628. The molecular formula is C12H34N2O4Si4. The van der Waals surface area contributed by atoms with Gasteiger partial charge in [-0.1, -0.05) is 13.8 Å². The molecule has 1 heterocycles. The fourth-order valence-corrected chi connectivity index (χ4v) is 22.8. The van der Waals surface area contributed by atoms with Gasteiger partial charge >= 0.3 is 34.6 Å². The third kappa shape index (κ3) is 6.63. The van der Waals surface area contributed by atoms with Gasteiger partial charge in [-0.25, -0.2) is 0 Å². The van der Waals surface area contributed by atoms with Gasteiger partial charge in [0.25, 0.3) is 0 Å². The topological polar surface area (TPSA) is 61.0 Å². The van der Waals surface area contributed by atoms with Crippen molar-refractivity contribution in [2.45, 2.75) is 66.0 Å². The summed E-state index contributed by atoms with van der Waals surface area (Å²) >= 11 is 0. The minimum absolute atomic E-state index is 0.881. The summed E-state index contributed by atoms with van der Waals surface area (Å²) in [5.41, 5.74) is 0. The van der Waals surface area contributed by atoms with Crippen LogP contribution in [0.2, 0.25) is 39.3 Å². The number of hydrogen-bond acceptors (Lipinski definition) is 6. The molecule has 2 N–H and O–H groups in total. The van der Waals surface area contributed by atoms with Gasteiger partial charge in [-0.15, -0.1) is 0 Å². The summed E-state index contributed by atoms with van der Waals surface area (Å²) in [7, 11) is -9.65. The molecule has 22 heavy (non-hydrogen) atoms. The van der Waals surface area contributed by atoms with Gasteiger partial charge in [0.1, 0.15) is 0 Å². The van der Waals surface area contributed by atoms with Crippen LogP contribution in [-0.2, 0) is 16.5 Å². The smallest absolute Gasteiger partial charge is 0.404 e. The quantitative estimate of drug-likeness (QED) is 0.689. The van der Waals surface area contributed by atoms with Crippen molar-refractivity contribution >= 4 is 34.6 Å². The SMILES string of the molecule is CCCN[Si]1(C)O[Si](C)(C)O[Si](C)(C)O[Si](C)(NCCC)O1. The summed E-state index contributed by atoms with van der Waals surface area (Å²) in [6.07, 6.45) is 2.08. The van der Waals surface area contributed by atoms with Gasteiger partial charge in [0.2, 0.25) is 0 Å². The summed E-state index contributed by atoms with van der Waals surface area (Å²) in [4.78, 5) is 7.02. The molecule has 0 aromatic rings. The van der Waals surface area contributed by atoms with Gasteiger partial charge in [0.15, 0.2) is 0 Å². The maximum absolute atomic E-state index is 6.54. The summed E-state index contributed by atoms with van der Waals surface area (Å²) in [5, 5.41) is 0. The molecule has 6 nitrogen and oxygen atoms in total. The fraction of sp³-hybridized carbons (Fsp3) is 1.00. The summed E-state index contributed by atoms with van der Waals surface area (Å²) in [6, 6.07) is 0. The summed E-state index contributed by atoms with van der Waals surface area (Å²) < 4.78 is 25.8. The zero-order valence-corrected chi connectivity index (χ0v) is 19.5. The third-order valence-electron chi connectivity index (χ3n) is 3.15. The molecule has 0 amide bonds. The molecule has 0 saturated carbocycles. The Morgan fingerprint density at radius 2 is 0.955 bits per heavy atom. The maximum Gasteiger partial charge on any atom is 0.404 e. The van der Waals surface area contributed by atoms with Crippen molar-refractivity contribution in [1.29, 1.82) is 0 Å². The Morgan fingerprint density at radius 1 is 0.591 bits per heavy atom. The molecule has 0 spiro atoms. The molecular weight excluding hydrogens is 348 g/mol. The van der Waals surface area contributed by atoms with E-state index in [4.69, 9.17) is 16.5 Å². The summed E-state index contributed by atoms with van der Waals surface area (Å²) in [6.45, 7) is 18.5. The zero-order valence-electron chi connectivity index (χ0n) is 15.5. The molecule has 132 valence electrons. The maximum atomic E-state index is 6.54. The molecule has 0 aromatic heterocycles. The molecule has 1 aliphatic heterocycles. The Labute approximate surface area is 140 Å². The lowest BCUT2D eigenvalue weighted by atomic mass is 10.5. The van der Waals surface area contributed by atoms with Crippen LogP contribution < -0.4 is 9.96 Å². The Balaban J connectivity index is 3.04. The Morgan fingerprint density at radius 3 is 1.27 bits per heavy atom. The van der Waals surface area contributed by atoms with Crippen molar-refractivity contribution in [3.05, 3.63) is 0 Å². The molecule has 1 aliphatic rings. The van der Waals surface area contributed by atoms with Crippen molar-refractivity contribution in [2.24, 2.45) is 0 Å². The number of hydrogen-bond donors (Lipinski definition) is 2. The average molecular weight is 383 g/mol. The Bertz CT molecular complexity index is 343. The van der Waals surface area contributed by atoms with E-state index in [1.165, 1.54) is 0 Å². The van der Waals surface area contributed by atoms with Gasteiger partial charge in [0.05, 0.1) is 0 Å². The molecule has 0 radical (unpaired) electrons. The van der Waals surface area contributed by atoms with E-state index < -0.39 is 34.6 Å². The van der Waals surface area contributed by atoms with E-state index in [-0.39, 0.29) is 0 Å². The first-order chi connectivity index (χ1) is 9.95. The normalized spacial score (nSPS) is 34.9. The van der Waals surface area contributed by atoms with Gasteiger partial charge < -0.3 is 16.5 Å². The Kier molecular flexibility index (Phi) is 7.21. The molecule has 2 unspecified atom stereocenters. The van der Waals surface area contributed by atoms with Crippen molar-refractivity contribution in [3.8, 4) is 0 Å². The van der Waals surface area contributed by atoms with Crippen molar-refractivity contribution < 1.29 is 16.5 Å². The summed E-state index contributed by atoms with van der Waals surface area (Å²) in [5.74, 6) is 0. The van der Waals surface area contributed by atoms with Gasteiger partial charge in [0, 0.05) is 0 Å². The van der Waals surface area contributed by atoms with E-state index in [9.17, 15) is 0 Å². The molecule has 1 fully saturated rings. The second-order valence-corrected chi connectivity index (χ2v) is 20.3. The van der Waals surface area contributed by atoms with Gasteiger partial charge in [-0.3, -0.25) is 9.96 Å². The predicted molar refractivity (Wildman–Crippen MR) is 99.1 cm³/mol. The van der Waals surface area contributed by atoms with Crippen LogP contribution in [0.3, 0.4) is 0 Å². The van der Waals surface area contributed by atoms with Crippen LogP contribution in [0.5, 0.6) is 0 Å². The van der Waals surface area contributed by atoms with Crippen LogP contribution in [0.15, 0.2) is 0 Å². The van der Waals surface area contributed by atoms with Crippen LogP contribution in [0.1, 0.15) is 26.7 Å². The van der Waals surface area contributed by atoms with E-state index in [0.29, 0.717) is 0 Å². The van der Waals surface area contributed by atoms with Crippen LogP contribution in [0.25, 0.3) is 0 Å². The first-order valence-electron chi connectivity index (χ1n) is 8.25. The number of rotatable bonds is 6. The zero-order chi connectivity index (χ0) is 17.1. The average Bonchev–Trinajstić information content (AvgIpc) is 2.29. The highest BCUT2D eigenvalue weighted by atomic mass is 28.5. The second-order valence-electron chi connectivity index (χ2n) is 6.95. The molecule has 0 aliphatic carbocycles. The lowest BCUT2D eigenvalue weighted by Gasteiger charge is -2.48. The van der Waals surface area contributed by atoms with E-state index in [2.05, 4.69) is 63.1 Å². The lowest BCUT2D eigenvalue weighted by molar-refractivity contribution is 0.216. The van der Waals surface area contributed by atoms with Crippen LogP contribution in [0, 0.1) is 0 Å². The first kappa shape index (κ1) is 20.7. The molecule has 1 rings (SSSR count). The number of nitrogens with one attached hydrogen (secondary N) is 2. The minimum atomic E-state index is -2.54. The van der Waals surface area contributed by atoms with Crippen molar-refractivity contribution in [2.75, 3.05) is 13.1 Å². The predicted octanol–water partition coefficient (Wildman–Crippen LogP) is 2.61. The lowest BCUT2D eigenvalue weighted by Crippen LogP contribution is -2.74. The van der Waals surface area contributed by atoms with E-state index in [1.807, 2.05) is 0 Å². The second kappa shape index (κ2) is 7.67. The van der Waals surface area contributed by atoms with E-state index >= 15 is 0 Å². The molecule has 0 aromatic carbocycles. The molecule has 2 atom stereocenters.